The Morgan fingerprint density at radius 1 is 1.26 bits per heavy atom. The van der Waals surface area contributed by atoms with Crippen molar-refractivity contribution in [1.29, 1.82) is 0 Å². The Kier molecular flexibility index (Phi) is 4.15. The maximum atomic E-state index is 12.6. The van der Waals surface area contributed by atoms with Gasteiger partial charge in [0.15, 0.2) is 5.76 Å². The summed E-state index contributed by atoms with van der Waals surface area (Å²) in [5.41, 5.74) is -0.716. The molecule has 128 valence electrons. The summed E-state index contributed by atoms with van der Waals surface area (Å²) in [7, 11) is 0. The van der Waals surface area contributed by atoms with Crippen molar-refractivity contribution in [2.45, 2.75) is 51.6 Å². The summed E-state index contributed by atoms with van der Waals surface area (Å²) in [4.78, 5) is 24.5. The molecule has 1 N–H and O–H groups in total. The van der Waals surface area contributed by atoms with E-state index < -0.39 is 17.3 Å². The molecule has 0 spiro atoms. The molecule has 0 aromatic heterocycles. The quantitative estimate of drug-likeness (QED) is 0.478. The van der Waals surface area contributed by atoms with Gasteiger partial charge in [0, 0.05) is 5.92 Å². The summed E-state index contributed by atoms with van der Waals surface area (Å²) in [5.74, 6) is -0.514. The standard InChI is InChI=1S/C18H26O5/c1-4-5-22-17(21)15-12-6-11-7-13(9-12)18(3,14(15)8-11)23-16(20)10(2)19/h11-15,19H,2,4-9H2,1,3H3. The van der Waals surface area contributed by atoms with E-state index in [2.05, 4.69) is 6.58 Å². The van der Waals surface area contributed by atoms with Gasteiger partial charge < -0.3 is 14.6 Å². The van der Waals surface area contributed by atoms with Crippen molar-refractivity contribution in [3.63, 3.8) is 0 Å². The van der Waals surface area contributed by atoms with Crippen LogP contribution in [0, 0.1) is 29.6 Å². The van der Waals surface area contributed by atoms with Crippen molar-refractivity contribution >= 4 is 11.9 Å². The van der Waals surface area contributed by atoms with Gasteiger partial charge in [-0.2, -0.15) is 0 Å². The van der Waals surface area contributed by atoms with Crippen LogP contribution in [0.15, 0.2) is 12.3 Å². The van der Waals surface area contributed by atoms with E-state index in [1.54, 1.807) is 0 Å². The molecular formula is C18H26O5. The number of esters is 2. The van der Waals surface area contributed by atoms with E-state index in [1.165, 1.54) is 0 Å². The topological polar surface area (TPSA) is 72.8 Å². The summed E-state index contributed by atoms with van der Waals surface area (Å²) in [5, 5.41) is 9.32. The fourth-order valence-electron chi connectivity index (χ4n) is 5.24. The van der Waals surface area contributed by atoms with E-state index in [-0.39, 0.29) is 23.7 Å². The lowest BCUT2D eigenvalue weighted by molar-refractivity contribution is -0.223. The van der Waals surface area contributed by atoms with E-state index in [0.717, 1.165) is 32.1 Å². The normalized spacial score (nSPS) is 40.7. The molecule has 0 aliphatic heterocycles. The van der Waals surface area contributed by atoms with Crippen LogP contribution >= 0.6 is 0 Å². The van der Waals surface area contributed by atoms with E-state index in [1.807, 2.05) is 13.8 Å². The number of aliphatic hydroxyl groups excluding tert-OH is 1. The van der Waals surface area contributed by atoms with Crippen LogP contribution in [0.5, 0.6) is 0 Å². The SMILES string of the molecule is C=C(O)C(=O)OC1(C)C2CC3CC(C2)C(C(=O)OCCC)C1C3. The molecule has 4 bridgehead atoms. The van der Waals surface area contributed by atoms with Crippen molar-refractivity contribution in [1.82, 2.24) is 0 Å². The van der Waals surface area contributed by atoms with Crippen LogP contribution in [-0.4, -0.2) is 29.3 Å². The molecule has 4 aliphatic carbocycles. The second-order valence-electron chi connectivity index (χ2n) is 7.59. The maximum absolute atomic E-state index is 12.6. The van der Waals surface area contributed by atoms with Gasteiger partial charge in [0.2, 0.25) is 0 Å². The molecule has 23 heavy (non-hydrogen) atoms. The number of ether oxygens (including phenoxy) is 2. The Hall–Kier alpha value is -1.52. The van der Waals surface area contributed by atoms with Gasteiger partial charge in [-0.25, -0.2) is 4.79 Å². The van der Waals surface area contributed by atoms with Gasteiger partial charge in [-0.1, -0.05) is 6.92 Å². The first-order chi connectivity index (χ1) is 10.9. The molecule has 6 unspecified atom stereocenters. The molecule has 5 heteroatoms. The van der Waals surface area contributed by atoms with Gasteiger partial charge in [-0.15, -0.1) is 0 Å². The van der Waals surface area contributed by atoms with E-state index in [4.69, 9.17) is 9.47 Å². The third-order valence-electron chi connectivity index (χ3n) is 6.19. The minimum absolute atomic E-state index is 0.0218. The molecule has 0 radical (unpaired) electrons. The van der Waals surface area contributed by atoms with Gasteiger partial charge in [0.1, 0.15) is 5.60 Å². The number of carbonyl (C=O) groups is 2. The van der Waals surface area contributed by atoms with Crippen LogP contribution in [-0.2, 0) is 19.1 Å². The lowest BCUT2D eigenvalue weighted by Crippen LogP contribution is -2.63. The van der Waals surface area contributed by atoms with Gasteiger partial charge in [-0.05, 0) is 63.4 Å². The first-order valence-corrected chi connectivity index (χ1v) is 8.64. The molecule has 0 saturated heterocycles. The molecule has 0 aromatic carbocycles. The van der Waals surface area contributed by atoms with E-state index >= 15 is 0 Å². The molecule has 4 fully saturated rings. The Morgan fingerprint density at radius 3 is 2.65 bits per heavy atom. The number of carbonyl (C=O) groups excluding carboxylic acids is 2. The van der Waals surface area contributed by atoms with Crippen LogP contribution in [0.4, 0.5) is 0 Å². The second-order valence-corrected chi connectivity index (χ2v) is 7.59. The largest absolute Gasteiger partial charge is 0.502 e. The summed E-state index contributed by atoms with van der Waals surface area (Å²) in [6, 6.07) is 0. The Labute approximate surface area is 137 Å². The number of aliphatic hydroxyl groups is 1. The zero-order valence-electron chi connectivity index (χ0n) is 13.9. The zero-order chi connectivity index (χ0) is 16.8. The molecule has 0 amide bonds. The number of rotatable bonds is 5. The van der Waals surface area contributed by atoms with E-state index in [9.17, 15) is 14.7 Å². The molecule has 5 nitrogen and oxygen atoms in total. The summed E-state index contributed by atoms with van der Waals surface area (Å²) < 4.78 is 11.1. The second kappa shape index (κ2) is 5.84. The average Bonchev–Trinajstić information content (AvgIpc) is 2.50. The zero-order valence-corrected chi connectivity index (χ0v) is 13.9. The highest BCUT2D eigenvalue weighted by Gasteiger charge is 2.63. The summed E-state index contributed by atoms with van der Waals surface area (Å²) >= 11 is 0. The van der Waals surface area contributed by atoms with Crippen LogP contribution < -0.4 is 0 Å². The minimum Gasteiger partial charge on any atom is -0.502 e. The molecule has 4 aliphatic rings. The molecule has 0 heterocycles. The molecule has 4 rings (SSSR count). The molecule has 0 aromatic rings. The summed E-state index contributed by atoms with van der Waals surface area (Å²) in [6.45, 7) is 7.58. The van der Waals surface area contributed by atoms with Crippen LogP contribution in [0.2, 0.25) is 0 Å². The van der Waals surface area contributed by atoms with Crippen LogP contribution in [0.3, 0.4) is 0 Å². The maximum Gasteiger partial charge on any atom is 0.373 e. The van der Waals surface area contributed by atoms with Crippen LogP contribution in [0.25, 0.3) is 0 Å². The van der Waals surface area contributed by atoms with Gasteiger partial charge in [0.25, 0.3) is 0 Å². The molecular weight excluding hydrogens is 296 g/mol. The van der Waals surface area contributed by atoms with Crippen molar-refractivity contribution < 1.29 is 24.2 Å². The monoisotopic (exact) mass is 322 g/mol. The first kappa shape index (κ1) is 16.3. The smallest absolute Gasteiger partial charge is 0.373 e. The Morgan fingerprint density at radius 2 is 2.00 bits per heavy atom. The third-order valence-corrected chi connectivity index (χ3v) is 6.19. The van der Waals surface area contributed by atoms with Crippen molar-refractivity contribution in [3.8, 4) is 0 Å². The van der Waals surface area contributed by atoms with Crippen LogP contribution in [0.1, 0.15) is 46.0 Å². The highest BCUT2D eigenvalue weighted by atomic mass is 16.6. The predicted molar refractivity (Wildman–Crippen MR) is 83.4 cm³/mol. The van der Waals surface area contributed by atoms with Gasteiger partial charge in [-0.3, -0.25) is 4.79 Å². The summed E-state index contributed by atoms with van der Waals surface area (Å²) in [6.07, 6.45) is 4.69. The van der Waals surface area contributed by atoms with Gasteiger partial charge >= 0.3 is 11.9 Å². The van der Waals surface area contributed by atoms with Gasteiger partial charge in [0.05, 0.1) is 12.5 Å². The minimum atomic E-state index is -0.777. The Balaban J connectivity index is 1.85. The van der Waals surface area contributed by atoms with E-state index in [0.29, 0.717) is 18.4 Å². The third kappa shape index (κ3) is 2.64. The predicted octanol–water partition coefficient (Wildman–Crippen LogP) is 3.00. The van der Waals surface area contributed by atoms with Crippen molar-refractivity contribution in [2.24, 2.45) is 29.6 Å². The molecule has 6 atom stereocenters. The highest BCUT2D eigenvalue weighted by Crippen LogP contribution is 2.62. The van der Waals surface area contributed by atoms with Crippen molar-refractivity contribution in [2.75, 3.05) is 6.61 Å². The average molecular weight is 322 g/mol. The number of hydrogen-bond acceptors (Lipinski definition) is 5. The lowest BCUT2D eigenvalue weighted by atomic mass is 9.46. The fraction of sp³-hybridized carbons (Fsp3) is 0.778. The first-order valence-electron chi connectivity index (χ1n) is 8.64. The number of hydrogen-bond donors (Lipinski definition) is 1. The Bertz CT molecular complexity index is 528. The highest BCUT2D eigenvalue weighted by molar-refractivity contribution is 5.85. The fourth-order valence-corrected chi connectivity index (χ4v) is 5.24. The lowest BCUT2D eigenvalue weighted by Gasteiger charge is -2.61. The van der Waals surface area contributed by atoms with Crippen molar-refractivity contribution in [3.05, 3.63) is 12.3 Å². The molecule has 4 saturated carbocycles.